The van der Waals surface area contributed by atoms with Crippen molar-refractivity contribution in [2.24, 2.45) is 0 Å². The Morgan fingerprint density at radius 2 is 2.14 bits per heavy atom. The van der Waals surface area contributed by atoms with Crippen LogP contribution in [0.1, 0.15) is 25.3 Å². The van der Waals surface area contributed by atoms with Crippen molar-refractivity contribution in [3.63, 3.8) is 0 Å². The van der Waals surface area contributed by atoms with Crippen LogP contribution in [0.3, 0.4) is 0 Å². The van der Waals surface area contributed by atoms with Crippen molar-refractivity contribution in [2.75, 3.05) is 31.1 Å². The van der Waals surface area contributed by atoms with Gasteiger partial charge >= 0.3 is 0 Å². The number of aryl methyl sites for hydroxylation is 1. The Hall–Kier alpha value is -1.88. The van der Waals surface area contributed by atoms with Crippen LogP contribution in [0.5, 0.6) is 0 Å². The second-order valence-corrected chi connectivity index (χ2v) is 6.06. The van der Waals surface area contributed by atoms with E-state index in [4.69, 9.17) is 0 Å². The van der Waals surface area contributed by atoms with Gasteiger partial charge in [0.2, 0.25) is 11.8 Å². The summed E-state index contributed by atoms with van der Waals surface area (Å²) in [5.41, 5.74) is 2.17. The first-order valence-electron chi connectivity index (χ1n) is 8.05. The average molecular weight is 301 g/mol. The first kappa shape index (κ1) is 15.0. The molecule has 1 aromatic carbocycles. The van der Waals surface area contributed by atoms with E-state index in [1.54, 1.807) is 4.90 Å². The van der Waals surface area contributed by atoms with E-state index in [0.717, 1.165) is 31.7 Å². The topological polar surface area (TPSA) is 52.7 Å². The molecule has 0 aromatic heterocycles. The predicted octanol–water partition coefficient (Wildman–Crippen LogP) is 1.18. The highest BCUT2D eigenvalue weighted by Gasteiger charge is 2.27. The lowest BCUT2D eigenvalue weighted by Gasteiger charge is -2.35. The Balaban J connectivity index is 1.66. The highest BCUT2D eigenvalue weighted by molar-refractivity contribution is 5.97. The van der Waals surface area contributed by atoms with Crippen molar-refractivity contribution in [1.29, 1.82) is 0 Å². The summed E-state index contributed by atoms with van der Waals surface area (Å²) in [6.45, 7) is 4.99. The van der Waals surface area contributed by atoms with Crippen LogP contribution in [0.25, 0.3) is 0 Å². The first-order chi connectivity index (χ1) is 10.7. The molecule has 1 N–H and O–H groups in total. The van der Waals surface area contributed by atoms with Gasteiger partial charge in [-0.25, -0.2) is 0 Å². The predicted molar refractivity (Wildman–Crippen MR) is 85.8 cm³/mol. The minimum Gasteiger partial charge on any atom is -0.337 e. The summed E-state index contributed by atoms with van der Waals surface area (Å²) in [5, 5.41) is 3.29. The summed E-state index contributed by atoms with van der Waals surface area (Å²) in [6, 6.07) is 8.22. The SMILES string of the molecule is CC1CNCCN1C(=O)CCN1C(=O)CCc2ccccc21. The van der Waals surface area contributed by atoms with E-state index in [1.807, 2.05) is 23.1 Å². The van der Waals surface area contributed by atoms with Crippen molar-refractivity contribution in [1.82, 2.24) is 10.2 Å². The van der Waals surface area contributed by atoms with Gasteiger partial charge in [-0.3, -0.25) is 9.59 Å². The molecule has 1 atom stereocenters. The lowest BCUT2D eigenvalue weighted by atomic mass is 10.0. The van der Waals surface area contributed by atoms with Gasteiger partial charge in [0.25, 0.3) is 0 Å². The average Bonchev–Trinajstić information content (AvgIpc) is 2.54. The zero-order valence-corrected chi connectivity index (χ0v) is 13.0. The van der Waals surface area contributed by atoms with Crippen molar-refractivity contribution in [3.05, 3.63) is 29.8 Å². The molecule has 5 nitrogen and oxygen atoms in total. The van der Waals surface area contributed by atoms with E-state index in [9.17, 15) is 9.59 Å². The molecule has 2 amide bonds. The third kappa shape index (κ3) is 2.99. The Morgan fingerprint density at radius 3 is 2.95 bits per heavy atom. The molecule has 1 unspecified atom stereocenters. The Bertz CT molecular complexity index is 573. The van der Waals surface area contributed by atoms with Crippen LogP contribution in [-0.2, 0) is 16.0 Å². The lowest BCUT2D eigenvalue weighted by Crippen LogP contribution is -2.52. The molecule has 0 radical (unpaired) electrons. The van der Waals surface area contributed by atoms with Gasteiger partial charge in [-0.15, -0.1) is 0 Å². The fourth-order valence-corrected chi connectivity index (χ4v) is 3.30. The molecule has 1 saturated heterocycles. The fraction of sp³-hybridized carbons (Fsp3) is 0.529. The molecule has 2 aliphatic heterocycles. The molecular formula is C17H23N3O2. The molecule has 3 rings (SSSR count). The lowest BCUT2D eigenvalue weighted by molar-refractivity contribution is -0.133. The molecule has 118 valence electrons. The number of anilines is 1. The minimum atomic E-state index is 0.125. The molecule has 5 heteroatoms. The monoisotopic (exact) mass is 301 g/mol. The van der Waals surface area contributed by atoms with Gasteiger partial charge in [-0.2, -0.15) is 0 Å². The molecule has 2 aliphatic rings. The maximum Gasteiger partial charge on any atom is 0.227 e. The summed E-state index contributed by atoms with van der Waals surface area (Å²) in [5.74, 6) is 0.268. The molecule has 1 aromatic rings. The van der Waals surface area contributed by atoms with Crippen molar-refractivity contribution in [3.8, 4) is 0 Å². The molecular weight excluding hydrogens is 278 g/mol. The van der Waals surface area contributed by atoms with Gasteiger partial charge in [0.05, 0.1) is 0 Å². The van der Waals surface area contributed by atoms with Crippen molar-refractivity contribution < 1.29 is 9.59 Å². The number of piperazine rings is 1. The third-order valence-corrected chi connectivity index (χ3v) is 4.56. The van der Waals surface area contributed by atoms with Gasteiger partial charge in [-0.1, -0.05) is 18.2 Å². The van der Waals surface area contributed by atoms with Crippen molar-refractivity contribution in [2.45, 2.75) is 32.2 Å². The van der Waals surface area contributed by atoms with Gasteiger partial charge in [0.15, 0.2) is 0 Å². The number of benzene rings is 1. The maximum atomic E-state index is 12.4. The van der Waals surface area contributed by atoms with Gasteiger partial charge in [0.1, 0.15) is 0 Å². The van der Waals surface area contributed by atoms with E-state index < -0.39 is 0 Å². The molecule has 2 heterocycles. The number of hydrogen-bond acceptors (Lipinski definition) is 3. The number of nitrogens with one attached hydrogen (secondary N) is 1. The van der Waals surface area contributed by atoms with Gasteiger partial charge in [0, 0.05) is 50.7 Å². The van der Waals surface area contributed by atoms with Crippen molar-refractivity contribution >= 4 is 17.5 Å². The number of hydrogen-bond donors (Lipinski definition) is 1. The van der Waals surface area contributed by atoms with E-state index in [0.29, 0.717) is 19.4 Å². The van der Waals surface area contributed by atoms with Crippen LogP contribution < -0.4 is 10.2 Å². The molecule has 22 heavy (non-hydrogen) atoms. The van der Waals surface area contributed by atoms with Crippen LogP contribution in [0.15, 0.2) is 24.3 Å². The summed E-state index contributed by atoms with van der Waals surface area (Å²) >= 11 is 0. The highest BCUT2D eigenvalue weighted by Crippen LogP contribution is 2.27. The number of carbonyl (C=O) groups excluding carboxylic acids is 2. The second-order valence-electron chi connectivity index (χ2n) is 6.06. The Labute approximate surface area is 131 Å². The summed E-state index contributed by atoms with van der Waals surface area (Å²) in [4.78, 5) is 28.3. The zero-order valence-electron chi connectivity index (χ0n) is 13.0. The Morgan fingerprint density at radius 1 is 1.32 bits per heavy atom. The summed E-state index contributed by atoms with van der Waals surface area (Å²) in [7, 11) is 0. The highest BCUT2D eigenvalue weighted by atomic mass is 16.2. The first-order valence-corrected chi connectivity index (χ1v) is 8.05. The maximum absolute atomic E-state index is 12.4. The van der Waals surface area contributed by atoms with E-state index in [-0.39, 0.29) is 17.9 Å². The molecule has 0 aliphatic carbocycles. The summed E-state index contributed by atoms with van der Waals surface area (Å²) in [6.07, 6.45) is 1.73. The molecule has 0 bridgehead atoms. The van der Waals surface area contributed by atoms with Crippen LogP contribution >= 0.6 is 0 Å². The number of rotatable bonds is 3. The van der Waals surface area contributed by atoms with E-state index >= 15 is 0 Å². The fourth-order valence-electron chi connectivity index (χ4n) is 3.30. The van der Waals surface area contributed by atoms with Crippen LogP contribution in [0.4, 0.5) is 5.69 Å². The third-order valence-electron chi connectivity index (χ3n) is 4.56. The molecule has 0 saturated carbocycles. The van der Waals surface area contributed by atoms with Crippen LogP contribution in [0.2, 0.25) is 0 Å². The Kier molecular flexibility index (Phi) is 4.43. The number of amides is 2. The number of nitrogens with zero attached hydrogens (tertiary/aromatic N) is 2. The second kappa shape index (κ2) is 6.48. The van der Waals surface area contributed by atoms with E-state index in [1.165, 1.54) is 5.56 Å². The van der Waals surface area contributed by atoms with Crippen LogP contribution in [0, 0.1) is 0 Å². The number of para-hydroxylation sites is 1. The minimum absolute atomic E-state index is 0.125. The smallest absolute Gasteiger partial charge is 0.227 e. The standard InChI is InChI=1S/C17H23N3O2/c1-13-12-18-9-11-19(13)17(22)8-10-20-15-5-3-2-4-14(15)6-7-16(20)21/h2-5,13,18H,6-12H2,1H3. The van der Waals surface area contributed by atoms with E-state index in [2.05, 4.69) is 18.3 Å². The summed E-state index contributed by atoms with van der Waals surface area (Å²) < 4.78 is 0. The van der Waals surface area contributed by atoms with Crippen LogP contribution in [-0.4, -0.2) is 48.9 Å². The number of fused-ring (bicyclic) bond motifs is 1. The number of carbonyl (C=O) groups is 2. The normalized spacial score (nSPS) is 21.7. The molecule has 1 fully saturated rings. The van der Waals surface area contributed by atoms with Gasteiger partial charge < -0.3 is 15.1 Å². The molecule has 0 spiro atoms. The van der Waals surface area contributed by atoms with Gasteiger partial charge in [-0.05, 0) is 25.0 Å². The largest absolute Gasteiger partial charge is 0.337 e. The zero-order chi connectivity index (χ0) is 15.5. The quantitative estimate of drug-likeness (QED) is 0.912.